The molecule has 0 heterocycles. The third-order valence-electron chi connectivity index (χ3n) is 3.44. The number of hydrogen-bond donors (Lipinski definition) is 1. The fourth-order valence-electron chi connectivity index (χ4n) is 2.28. The van der Waals surface area contributed by atoms with E-state index in [2.05, 4.69) is 5.32 Å². The Balaban J connectivity index is 2.66. The molecule has 0 fully saturated rings. The van der Waals surface area contributed by atoms with Gasteiger partial charge in [-0.3, -0.25) is 4.79 Å². The van der Waals surface area contributed by atoms with Gasteiger partial charge in [-0.1, -0.05) is 42.6 Å². The van der Waals surface area contributed by atoms with E-state index in [4.69, 9.17) is 27.9 Å². The highest BCUT2D eigenvalue weighted by atomic mass is 35.5. The minimum absolute atomic E-state index is 0.215. The van der Waals surface area contributed by atoms with Crippen LogP contribution >= 0.6 is 23.2 Å². The van der Waals surface area contributed by atoms with Gasteiger partial charge >= 0.3 is 5.97 Å². The molecule has 0 aliphatic carbocycles. The van der Waals surface area contributed by atoms with Gasteiger partial charge in [-0.25, -0.2) is 4.79 Å². The fourth-order valence-corrected chi connectivity index (χ4v) is 2.79. The molecular weight excluding hydrogens is 325 g/mol. The summed E-state index contributed by atoms with van der Waals surface area (Å²) in [5.41, 5.74) is -0.152. The highest BCUT2D eigenvalue weighted by Crippen LogP contribution is 2.22. The van der Waals surface area contributed by atoms with Crippen LogP contribution in [-0.2, 0) is 20.7 Å². The second-order valence-electron chi connectivity index (χ2n) is 5.36. The van der Waals surface area contributed by atoms with E-state index < -0.39 is 11.5 Å². The van der Waals surface area contributed by atoms with Crippen LogP contribution in [0.5, 0.6) is 0 Å². The maximum atomic E-state index is 12.1. The lowest BCUT2D eigenvalue weighted by atomic mass is 9.95. The third kappa shape index (κ3) is 5.18. The van der Waals surface area contributed by atoms with Crippen LogP contribution in [0.25, 0.3) is 0 Å². The zero-order valence-electron chi connectivity index (χ0n) is 13.0. The quantitative estimate of drug-likeness (QED) is 0.765. The normalized spacial score (nSPS) is 13.3. The van der Waals surface area contributed by atoms with Gasteiger partial charge in [-0.05, 0) is 37.5 Å². The minimum atomic E-state index is -0.996. The van der Waals surface area contributed by atoms with Gasteiger partial charge in [0.15, 0.2) is 0 Å². The topological polar surface area (TPSA) is 55.4 Å². The van der Waals surface area contributed by atoms with Crippen LogP contribution in [-0.4, -0.2) is 24.5 Å². The molecule has 0 spiro atoms. The zero-order chi connectivity index (χ0) is 16.8. The number of esters is 1. The van der Waals surface area contributed by atoms with E-state index >= 15 is 0 Å². The minimum Gasteiger partial charge on any atom is -0.467 e. The first kappa shape index (κ1) is 18.8. The van der Waals surface area contributed by atoms with Crippen molar-refractivity contribution < 1.29 is 14.3 Å². The summed E-state index contributed by atoms with van der Waals surface area (Å²) in [7, 11) is 1.32. The van der Waals surface area contributed by atoms with E-state index in [0.29, 0.717) is 22.9 Å². The number of rotatable bonds is 7. The average molecular weight is 346 g/mol. The van der Waals surface area contributed by atoms with E-state index in [1.165, 1.54) is 7.11 Å². The van der Waals surface area contributed by atoms with Crippen molar-refractivity contribution in [2.75, 3.05) is 7.11 Å². The standard InChI is InChI=1S/C16H21Cl2NO3/c1-4-9-16(2,15(21)22-3)19-14(20)8-6-11-5-7-12(17)10-13(11)18/h5,7,10H,4,6,8-9H2,1-3H3,(H,19,20). The van der Waals surface area contributed by atoms with E-state index in [1.54, 1.807) is 25.1 Å². The van der Waals surface area contributed by atoms with Gasteiger partial charge in [0, 0.05) is 16.5 Å². The summed E-state index contributed by atoms with van der Waals surface area (Å²) in [6.07, 6.45) is 1.99. The van der Waals surface area contributed by atoms with Crippen molar-refractivity contribution in [2.45, 2.75) is 45.1 Å². The Morgan fingerprint density at radius 2 is 2.00 bits per heavy atom. The van der Waals surface area contributed by atoms with Crippen LogP contribution < -0.4 is 5.32 Å². The van der Waals surface area contributed by atoms with Crippen molar-refractivity contribution in [3.63, 3.8) is 0 Å². The molecule has 0 saturated heterocycles. The molecule has 0 radical (unpaired) electrons. The predicted molar refractivity (Wildman–Crippen MR) is 88.3 cm³/mol. The van der Waals surface area contributed by atoms with Crippen LogP contribution in [0.15, 0.2) is 18.2 Å². The molecule has 1 unspecified atom stereocenters. The molecule has 0 aromatic heterocycles. The first-order chi connectivity index (χ1) is 10.3. The van der Waals surface area contributed by atoms with E-state index in [9.17, 15) is 9.59 Å². The second kappa shape index (κ2) is 8.39. The molecule has 1 amide bonds. The molecular formula is C16H21Cl2NO3. The fraction of sp³-hybridized carbons (Fsp3) is 0.500. The maximum Gasteiger partial charge on any atom is 0.331 e. The number of carbonyl (C=O) groups is 2. The molecule has 0 aliphatic rings. The second-order valence-corrected chi connectivity index (χ2v) is 6.20. The number of halogens is 2. The first-order valence-electron chi connectivity index (χ1n) is 7.15. The number of ether oxygens (including phenoxy) is 1. The molecule has 0 saturated carbocycles. The molecule has 122 valence electrons. The zero-order valence-corrected chi connectivity index (χ0v) is 14.6. The Bertz CT molecular complexity index is 548. The summed E-state index contributed by atoms with van der Waals surface area (Å²) >= 11 is 11.9. The molecule has 22 heavy (non-hydrogen) atoms. The highest BCUT2D eigenvalue weighted by Gasteiger charge is 2.34. The molecule has 1 rings (SSSR count). The summed E-state index contributed by atoms with van der Waals surface area (Å²) in [4.78, 5) is 24.0. The van der Waals surface area contributed by atoms with E-state index in [0.717, 1.165) is 12.0 Å². The summed E-state index contributed by atoms with van der Waals surface area (Å²) in [5.74, 6) is -0.653. The first-order valence-corrected chi connectivity index (χ1v) is 7.91. The molecule has 4 nitrogen and oxygen atoms in total. The Labute approximate surface area is 141 Å². The molecule has 1 aromatic rings. The third-order valence-corrected chi connectivity index (χ3v) is 4.02. The lowest BCUT2D eigenvalue weighted by Gasteiger charge is -2.27. The van der Waals surface area contributed by atoms with Gasteiger partial charge in [-0.2, -0.15) is 0 Å². The highest BCUT2D eigenvalue weighted by molar-refractivity contribution is 6.35. The number of carbonyl (C=O) groups excluding carboxylic acids is 2. The Kier molecular flexibility index (Phi) is 7.17. The molecule has 1 aromatic carbocycles. The largest absolute Gasteiger partial charge is 0.467 e. The average Bonchev–Trinajstić information content (AvgIpc) is 2.45. The van der Waals surface area contributed by atoms with Crippen LogP contribution in [0.4, 0.5) is 0 Å². The van der Waals surface area contributed by atoms with Crippen molar-refractivity contribution >= 4 is 35.1 Å². The van der Waals surface area contributed by atoms with Crippen LogP contribution in [0, 0.1) is 0 Å². The monoisotopic (exact) mass is 345 g/mol. The number of amides is 1. The number of aryl methyl sites for hydroxylation is 1. The van der Waals surface area contributed by atoms with Crippen molar-refractivity contribution in [1.29, 1.82) is 0 Å². The van der Waals surface area contributed by atoms with E-state index in [-0.39, 0.29) is 12.3 Å². The SMILES string of the molecule is CCCC(C)(NC(=O)CCc1ccc(Cl)cc1Cl)C(=O)OC. The lowest BCUT2D eigenvalue weighted by molar-refractivity contribution is -0.150. The summed E-state index contributed by atoms with van der Waals surface area (Å²) in [6, 6.07) is 5.17. The summed E-state index contributed by atoms with van der Waals surface area (Å²) in [5, 5.41) is 3.85. The molecule has 0 bridgehead atoms. The maximum absolute atomic E-state index is 12.1. The van der Waals surface area contributed by atoms with Crippen molar-refractivity contribution in [1.82, 2.24) is 5.32 Å². The Morgan fingerprint density at radius 3 is 2.55 bits per heavy atom. The van der Waals surface area contributed by atoms with Crippen molar-refractivity contribution in [2.24, 2.45) is 0 Å². The number of benzene rings is 1. The van der Waals surface area contributed by atoms with Gasteiger partial charge in [0.2, 0.25) is 5.91 Å². The van der Waals surface area contributed by atoms with Gasteiger partial charge < -0.3 is 10.1 Å². The Morgan fingerprint density at radius 1 is 1.32 bits per heavy atom. The van der Waals surface area contributed by atoms with Gasteiger partial charge in [0.1, 0.15) is 5.54 Å². The van der Waals surface area contributed by atoms with Crippen LogP contribution in [0.1, 0.15) is 38.7 Å². The van der Waals surface area contributed by atoms with E-state index in [1.807, 2.05) is 6.92 Å². The molecule has 6 heteroatoms. The van der Waals surface area contributed by atoms with Crippen molar-refractivity contribution in [3.8, 4) is 0 Å². The number of hydrogen-bond acceptors (Lipinski definition) is 3. The predicted octanol–water partition coefficient (Wildman–Crippen LogP) is 3.77. The number of methoxy groups -OCH3 is 1. The smallest absolute Gasteiger partial charge is 0.331 e. The summed E-state index contributed by atoms with van der Waals surface area (Å²) in [6.45, 7) is 3.62. The molecule has 1 N–H and O–H groups in total. The Hall–Kier alpha value is -1.26. The van der Waals surface area contributed by atoms with Gasteiger partial charge in [0.25, 0.3) is 0 Å². The van der Waals surface area contributed by atoms with Crippen LogP contribution in [0.3, 0.4) is 0 Å². The lowest BCUT2D eigenvalue weighted by Crippen LogP contribution is -2.52. The van der Waals surface area contributed by atoms with Crippen LogP contribution in [0.2, 0.25) is 10.0 Å². The van der Waals surface area contributed by atoms with Gasteiger partial charge in [-0.15, -0.1) is 0 Å². The molecule has 1 atom stereocenters. The van der Waals surface area contributed by atoms with Gasteiger partial charge in [0.05, 0.1) is 7.11 Å². The van der Waals surface area contributed by atoms with Crippen molar-refractivity contribution in [3.05, 3.63) is 33.8 Å². The summed E-state index contributed by atoms with van der Waals surface area (Å²) < 4.78 is 4.77. The molecule has 0 aliphatic heterocycles. The number of nitrogens with one attached hydrogen (secondary N) is 1.